The van der Waals surface area contributed by atoms with Crippen molar-refractivity contribution in [2.24, 2.45) is 22.7 Å². The van der Waals surface area contributed by atoms with Gasteiger partial charge in [0.1, 0.15) is 5.82 Å². The predicted octanol–water partition coefficient (Wildman–Crippen LogP) is 4.77. The van der Waals surface area contributed by atoms with Crippen LogP contribution in [0.15, 0.2) is 18.2 Å². The van der Waals surface area contributed by atoms with Gasteiger partial charge in [0.25, 0.3) is 0 Å². The largest absolute Gasteiger partial charge is 0.388 e. The molecule has 114 valence electrons. The normalized spacial score (nSPS) is 42.3. The monoisotopic (exact) mass is 288 g/mol. The Morgan fingerprint density at radius 1 is 1.19 bits per heavy atom. The number of benzene rings is 1. The van der Waals surface area contributed by atoms with Gasteiger partial charge in [-0.15, -0.1) is 0 Å². The maximum absolute atomic E-state index is 13.9. The van der Waals surface area contributed by atoms with E-state index >= 15 is 0 Å². The van der Waals surface area contributed by atoms with Gasteiger partial charge in [0.05, 0.1) is 6.10 Å². The Balaban J connectivity index is 1.70. The molecule has 0 radical (unpaired) electrons. The molecular formula is C19H25FO. The summed E-state index contributed by atoms with van der Waals surface area (Å²) in [6.07, 6.45) is 6.90. The van der Waals surface area contributed by atoms with Crippen LogP contribution in [0, 0.1) is 35.4 Å². The number of aryl methyl sites for hydroxylation is 1. The SMILES string of the molecule is Cc1ccc(C(O)C23CC4CC(CC(C)(C4)C2)C3)cc1F. The average Bonchev–Trinajstić information content (AvgIpc) is 2.38. The molecule has 0 amide bonds. The summed E-state index contributed by atoms with van der Waals surface area (Å²) in [4.78, 5) is 0. The van der Waals surface area contributed by atoms with E-state index < -0.39 is 6.10 Å². The van der Waals surface area contributed by atoms with Crippen molar-refractivity contribution in [2.45, 2.75) is 58.5 Å². The van der Waals surface area contributed by atoms with Crippen molar-refractivity contribution < 1.29 is 9.50 Å². The van der Waals surface area contributed by atoms with Crippen LogP contribution >= 0.6 is 0 Å². The molecule has 5 rings (SSSR count). The molecule has 4 aliphatic carbocycles. The van der Waals surface area contributed by atoms with E-state index in [1.807, 2.05) is 6.07 Å². The van der Waals surface area contributed by atoms with E-state index in [-0.39, 0.29) is 11.2 Å². The Morgan fingerprint density at radius 3 is 2.43 bits per heavy atom. The molecule has 4 bridgehead atoms. The Morgan fingerprint density at radius 2 is 1.86 bits per heavy atom. The molecule has 4 fully saturated rings. The smallest absolute Gasteiger partial charge is 0.126 e. The van der Waals surface area contributed by atoms with E-state index in [1.54, 1.807) is 19.1 Å². The van der Waals surface area contributed by atoms with Gasteiger partial charge in [0.15, 0.2) is 0 Å². The molecular weight excluding hydrogens is 263 g/mol. The molecule has 0 aliphatic heterocycles. The highest BCUT2D eigenvalue weighted by atomic mass is 19.1. The number of halogens is 1. The van der Waals surface area contributed by atoms with Gasteiger partial charge in [-0.25, -0.2) is 4.39 Å². The first-order valence-electron chi connectivity index (χ1n) is 8.33. The molecule has 4 saturated carbocycles. The van der Waals surface area contributed by atoms with Crippen LogP contribution in [0.1, 0.15) is 62.7 Å². The number of hydrogen-bond donors (Lipinski definition) is 1. The number of aliphatic hydroxyl groups excluding tert-OH is 1. The summed E-state index contributed by atoms with van der Waals surface area (Å²) in [6.45, 7) is 4.18. The predicted molar refractivity (Wildman–Crippen MR) is 81.3 cm³/mol. The summed E-state index contributed by atoms with van der Waals surface area (Å²) in [5, 5.41) is 11.0. The van der Waals surface area contributed by atoms with Gasteiger partial charge >= 0.3 is 0 Å². The summed E-state index contributed by atoms with van der Waals surface area (Å²) in [5.41, 5.74) is 1.85. The Hall–Kier alpha value is -0.890. The molecule has 1 aromatic rings. The fourth-order valence-corrected chi connectivity index (χ4v) is 6.25. The van der Waals surface area contributed by atoms with Gasteiger partial charge in [-0.1, -0.05) is 19.1 Å². The fourth-order valence-electron chi connectivity index (χ4n) is 6.25. The van der Waals surface area contributed by atoms with E-state index in [1.165, 1.54) is 19.3 Å². The lowest BCUT2D eigenvalue weighted by Crippen LogP contribution is -2.53. The second kappa shape index (κ2) is 4.32. The molecule has 4 aliphatic rings. The summed E-state index contributed by atoms with van der Waals surface area (Å²) < 4.78 is 13.9. The Kier molecular flexibility index (Phi) is 2.83. The van der Waals surface area contributed by atoms with E-state index in [4.69, 9.17) is 0 Å². The molecule has 1 N–H and O–H groups in total. The highest BCUT2D eigenvalue weighted by Crippen LogP contribution is 2.68. The average molecular weight is 288 g/mol. The molecule has 3 unspecified atom stereocenters. The third-order valence-electron chi connectivity index (χ3n) is 6.49. The first kappa shape index (κ1) is 13.8. The summed E-state index contributed by atoms with van der Waals surface area (Å²) >= 11 is 0. The molecule has 1 nitrogen and oxygen atoms in total. The van der Waals surface area contributed by atoms with E-state index in [0.717, 1.165) is 36.7 Å². The topological polar surface area (TPSA) is 20.2 Å². The zero-order chi connectivity index (χ0) is 14.8. The molecule has 0 saturated heterocycles. The molecule has 21 heavy (non-hydrogen) atoms. The quantitative estimate of drug-likeness (QED) is 0.830. The fraction of sp³-hybridized carbons (Fsp3) is 0.684. The van der Waals surface area contributed by atoms with Crippen LogP contribution in [0.4, 0.5) is 4.39 Å². The van der Waals surface area contributed by atoms with Crippen molar-refractivity contribution in [1.29, 1.82) is 0 Å². The standard InChI is InChI=1S/C19H25FO/c1-12-3-4-15(6-16(12)20)17(21)19-9-13-5-14(10-19)8-18(2,7-13)11-19/h3-4,6,13-14,17,21H,5,7-11H2,1-2H3. The second-order valence-electron chi connectivity index (χ2n) is 8.55. The number of aliphatic hydroxyl groups is 1. The van der Waals surface area contributed by atoms with Gasteiger partial charge < -0.3 is 5.11 Å². The van der Waals surface area contributed by atoms with Crippen LogP contribution in [0.2, 0.25) is 0 Å². The third-order valence-corrected chi connectivity index (χ3v) is 6.49. The molecule has 0 spiro atoms. The maximum atomic E-state index is 13.9. The number of rotatable bonds is 2. The van der Waals surface area contributed by atoms with Crippen LogP contribution in [0.25, 0.3) is 0 Å². The molecule has 2 heteroatoms. The van der Waals surface area contributed by atoms with Crippen LogP contribution in [0.5, 0.6) is 0 Å². The first-order valence-corrected chi connectivity index (χ1v) is 8.33. The Bertz CT molecular complexity index is 565. The molecule has 1 aromatic carbocycles. The lowest BCUT2D eigenvalue weighted by Gasteiger charge is -2.62. The van der Waals surface area contributed by atoms with E-state index in [9.17, 15) is 9.50 Å². The number of hydrogen-bond acceptors (Lipinski definition) is 1. The first-order chi connectivity index (χ1) is 9.89. The minimum atomic E-state index is -0.502. The van der Waals surface area contributed by atoms with Gasteiger partial charge in [-0.2, -0.15) is 0 Å². The summed E-state index contributed by atoms with van der Waals surface area (Å²) in [5.74, 6) is 1.37. The minimum absolute atomic E-state index is 0.000527. The van der Waals surface area contributed by atoms with E-state index in [0.29, 0.717) is 11.0 Å². The lowest BCUT2D eigenvalue weighted by atomic mass is 9.43. The van der Waals surface area contributed by atoms with E-state index in [2.05, 4.69) is 6.92 Å². The minimum Gasteiger partial charge on any atom is -0.388 e. The molecule has 3 atom stereocenters. The molecule has 0 aromatic heterocycles. The van der Waals surface area contributed by atoms with Crippen LogP contribution in [-0.2, 0) is 0 Å². The third kappa shape index (κ3) is 2.06. The van der Waals surface area contributed by atoms with Crippen molar-refractivity contribution in [3.05, 3.63) is 35.1 Å². The lowest BCUT2D eigenvalue weighted by molar-refractivity contribution is -0.155. The van der Waals surface area contributed by atoms with Gasteiger partial charge in [-0.3, -0.25) is 0 Å². The Labute approximate surface area is 126 Å². The maximum Gasteiger partial charge on any atom is 0.126 e. The zero-order valence-corrected chi connectivity index (χ0v) is 13.0. The van der Waals surface area contributed by atoms with Crippen molar-refractivity contribution in [1.82, 2.24) is 0 Å². The van der Waals surface area contributed by atoms with Gasteiger partial charge in [0.2, 0.25) is 0 Å². The summed E-state index contributed by atoms with van der Waals surface area (Å²) in [7, 11) is 0. The van der Waals surface area contributed by atoms with Crippen molar-refractivity contribution in [3.63, 3.8) is 0 Å². The highest BCUT2D eigenvalue weighted by molar-refractivity contribution is 5.27. The summed E-state index contributed by atoms with van der Waals surface area (Å²) in [6, 6.07) is 5.28. The van der Waals surface area contributed by atoms with Crippen molar-refractivity contribution >= 4 is 0 Å². The van der Waals surface area contributed by atoms with Crippen LogP contribution < -0.4 is 0 Å². The van der Waals surface area contributed by atoms with Gasteiger partial charge in [0, 0.05) is 5.41 Å². The van der Waals surface area contributed by atoms with Crippen molar-refractivity contribution in [2.75, 3.05) is 0 Å². The second-order valence-corrected chi connectivity index (χ2v) is 8.55. The van der Waals surface area contributed by atoms with Gasteiger partial charge in [-0.05, 0) is 79.9 Å². The zero-order valence-electron chi connectivity index (χ0n) is 13.0. The van der Waals surface area contributed by atoms with Crippen molar-refractivity contribution in [3.8, 4) is 0 Å². The van der Waals surface area contributed by atoms with Crippen LogP contribution in [-0.4, -0.2) is 5.11 Å². The molecule has 0 heterocycles. The highest BCUT2D eigenvalue weighted by Gasteiger charge is 2.58. The van der Waals surface area contributed by atoms with Crippen LogP contribution in [0.3, 0.4) is 0 Å².